The molecule has 2 aromatic carbocycles. The van der Waals surface area contributed by atoms with Crippen molar-refractivity contribution in [2.24, 2.45) is 0 Å². The van der Waals surface area contributed by atoms with Crippen LogP contribution in [0.3, 0.4) is 0 Å². The summed E-state index contributed by atoms with van der Waals surface area (Å²) in [5.74, 6) is -1.41. The maximum atomic E-state index is 13.5. The molecule has 4 heteroatoms. The first kappa shape index (κ1) is 11.1. The lowest BCUT2D eigenvalue weighted by atomic mass is 10.0. The van der Waals surface area contributed by atoms with E-state index in [1.54, 1.807) is 6.07 Å². The lowest BCUT2D eigenvalue weighted by Crippen LogP contribution is -1.87. The molecule has 0 heterocycles. The van der Waals surface area contributed by atoms with E-state index >= 15 is 0 Å². The standard InChI is InChI=1S/C13H7F2NO/c14-10-3-4-12(15)11(6-10)8-1-2-9(7-16)13(17)5-8/h1-6,17H. The van der Waals surface area contributed by atoms with Crippen LogP contribution in [0.5, 0.6) is 5.75 Å². The summed E-state index contributed by atoms with van der Waals surface area (Å²) in [5, 5.41) is 18.1. The first-order valence-corrected chi connectivity index (χ1v) is 4.80. The number of nitrogens with zero attached hydrogens (tertiary/aromatic N) is 1. The van der Waals surface area contributed by atoms with Crippen LogP contribution in [0.15, 0.2) is 36.4 Å². The molecule has 0 atom stereocenters. The first-order valence-electron chi connectivity index (χ1n) is 4.80. The van der Waals surface area contributed by atoms with Gasteiger partial charge in [0.2, 0.25) is 0 Å². The average molecular weight is 231 g/mol. The van der Waals surface area contributed by atoms with E-state index in [9.17, 15) is 13.9 Å². The van der Waals surface area contributed by atoms with Crippen LogP contribution in [0.25, 0.3) is 11.1 Å². The van der Waals surface area contributed by atoms with Gasteiger partial charge in [-0.1, -0.05) is 6.07 Å². The second-order valence-electron chi connectivity index (χ2n) is 3.47. The topological polar surface area (TPSA) is 44.0 Å². The third-order valence-electron chi connectivity index (χ3n) is 2.36. The van der Waals surface area contributed by atoms with Gasteiger partial charge >= 0.3 is 0 Å². The molecule has 0 saturated heterocycles. The average Bonchev–Trinajstić information content (AvgIpc) is 2.32. The van der Waals surface area contributed by atoms with Gasteiger partial charge in [0.25, 0.3) is 0 Å². The van der Waals surface area contributed by atoms with Crippen LogP contribution in [-0.2, 0) is 0 Å². The molecule has 2 nitrogen and oxygen atoms in total. The van der Waals surface area contributed by atoms with Gasteiger partial charge in [0.05, 0.1) is 5.56 Å². The minimum absolute atomic E-state index is 0.0461. The van der Waals surface area contributed by atoms with Gasteiger partial charge in [-0.3, -0.25) is 0 Å². The van der Waals surface area contributed by atoms with E-state index in [4.69, 9.17) is 5.26 Å². The molecule has 1 N–H and O–H groups in total. The van der Waals surface area contributed by atoms with Crippen LogP contribution in [-0.4, -0.2) is 5.11 Å². The minimum Gasteiger partial charge on any atom is -0.507 e. The van der Waals surface area contributed by atoms with Crippen molar-refractivity contribution in [2.45, 2.75) is 0 Å². The highest BCUT2D eigenvalue weighted by Gasteiger charge is 2.09. The highest BCUT2D eigenvalue weighted by Crippen LogP contribution is 2.28. The molecule has 0 saturated carbocycles. The van der Waals surface area contributed by atoms with Crippen LogP contribution in [0.1, 0.15) is 5.56 Å². The number of phenols is 1. The minimum atomic E-state index is -0.587. The number of hydrogen-bond donors (Lipinski definition) is 1. The Morgan fingerprint density at radius 2 is 1.82 bits per heavy atom. The number of nitriles is 1. The molecule has 17 heavy (non-hydrogen) atoms. The second-order valence-corrected chi connectivity index (χ2v) is 3.47. The van der Waals surface area contributed by atoms with Crippen molar-refractivity contribution in [3.63, 3.8) is 0 Å². The third kappa shape index (κ3) is 2.08. The second kappa shape index (κ2) is 4.22. The summed E-state index contributed by atoms with van der Waals surface area (Å²) in [6, 6.07) is 8.89. The molecule has 2 rings (SSSR count). The Morgan fingerprint density at radius 1 is 1.06 bits per heavy atom. The predicted molar refractivity (Wildman–Crippen MR) is 58.2 cm³/mol. The van der Waals surface area contributed by atoms with E-state index in [1.165, 1.54) is 18.2 Å². The SMILES string of the molecule is N#Cc1ccc(-c2cc(F)ccc2F)cc1O. The number of rotatable bonds is 1. The Kier molecular flexibility index (Phi) is 2.75. The summed E-state index contributed by atoms with van der Waals surface area (Å²) in [7, 11) is 0. The zero-order valence-electron chi connectivity index (χ0n) is 8.61. The largest absolute Gasteiger partial charge is 0.507 e. The summed E-state index contributed by atoms with van der Waals surface area (Å²) in [6.45, 7) is 0. The van der Waals surface area contributed by atoms with Crippen molar-refractivity contribution in [3.05, 3.63) is 53.6 Å². The van der Waals surface area contributed by atoms with E-state index in [1.807, 2.05) is 0 Å². The number of hydrogen-bond acceptors (Lipinski definition) is 2. The maximum absolute atomic E-state index is 13.5. The van der Waals surface area contributed by atoms with Gasteiger partial charge in [0.15, 0.2) is 0 Å². The lowest BCUT2D eigenvalue weighted by molar-refractivity contribution is 0.474. The molecule has 0 amide bonds. The lowest BCUT2D eigenvalue weighted by Gasteiger charge is -2.05. The molecule has 0 aliphatic carbocycles. The Balaban J connectivity index is 2.58. The van der Waals surface area contributed by atoms with Crippen molar-refractivity contribution in [1.29, 1.82) is 5.26 Å². The Bertz CT molecular complexity index is 617. The number of halogens is 2. The molecule has 0 radical (unpaired) electrons. The molecule has 84 valence electrons. The van der Waals surface area contributed by atoms with E-state index in [0.717, 1.165) is 18.2 Å². The van der Waals surface area contributed by atoms with Gasteiger partial charge in [0, 0.05) is 5.56 Å². The monoisotopic (exact) mass is 231 g/mol. The molecule has 0 bridgehead atoms. The van der Waals surface area contributed by atoms with Crippen molar-refractivity contribution < 1.29 is 13.9 Å². The summed E-state index contributed by atoms with van der Waals surface area (Å²) >= 11 is 0. The summed E-state index contributed by atoms with van der Waals surface area (Å²) < 4.78 is 26.5. The normalized spacial score (nSPS) is 9.94. The summed E-state index contributed by atoms with van der Waals surface area (Å²) in [5.41, 5.74) is 0.453. The van der Waals surface area contributed by atoms with E-state index in [2.05, 4.69) is 0 Å². The molecule has 0 aromatic heterocycles. The zero-order valence-corrected chi connectivity index (χ0v) is 8.61. The smallest absolute Gasteiger partial charge is 0.133 e. The Labute approximate surface area is 96.4 Å². The maximum Gasteiger partial charge on any atom is 0.133 e. The van der Waals surface area contributed by atoms with Crippen LogP contribution in [0.2, 0.25) is 0 Å². The fourth-order valence-electron chi connectivity index (χ4n) is 1.51. The van der Waals surface area contributed by atoms with Crippen molar-refractivity contribution >= 4 is 0 Å². The van der Waals surface area contributed by atoms with E-state index in [0.29, 0.717) is 5.56 Å². The number of phenolic OH excluding ortho intramolecular Hbond substituents is 1. The van der Waals surface area contributed by atoms with Gasteiger partial charge in [-0.15, -0.1) is 0 Å². The van der Waals surface area contributed by atoms with Crippen molar-refractivity contribution in [1.82, 2.24) is 0 Å². The molecule has 0 unspecified atom stereocenters. The molecule has 0 fully saturated rings. The predicted octanol–water partition coefficient (Wildman–Crippen LogP) is 3.21. The van der Waals surface area contributed by atoms with Crippen LogP contribution in [0, 0.1) is 23.0 Å². The molecule has 2 aromatic rings. The molecular formula is C13H7F2NO. The summed E-state index contributed by atoms with van der Waals surface area (Å²) in [4.78, 5) is 0. The summed E-state index contributed by atoms with van der Waals surface area (Å²) in [6.07, 6.45) is 0. The molecule has 0 aliphatic rings. The van der Waals surface area contributed by atoms with Crippen LogP contribution < -0.4 is 0 Å². The third-order valence-corrected chi connectivity index (χ3v) is 2.36. The van der Waals surface area contributed by atoms with E-state index in [-0.39, 0.29) is 16.9 Å². The number of aromatic hydroxyl groups is 1. The van der Waals surface area contributed by atoms with Crippen molar-refractivity contribution in [3.8, 4) is 22.9 Å². The van der Waals surface area contributed by atoms with E-state index < -0.39 is 11.6 Å². The molecule has 0 aliphatic heterocycles. The van der Waals surface area contributed by atoms with Gasteiger partial charge in [0.1, 0.15) is 23.5 Å². The van der Waals surface area contributed by atoms with Gasteiger partial charge in [-0.2, -0.15) is 5.26 Å². The fourth-order valence-corrected chi connectivity index (χ4v) is 1.51. The van der Waals surface area contributed by atoms with Gasteiger partial charge < -0.3 is 5.11 Å². The zero-order chi connectivity index (χ0) is 12.4. The van der Waals surface area contributed by atoms with Gasteiger partial charge in [-0.05, 0) is 35.9 Å². The molecular weight excluding hydrogens is 224 g/mol. The number of benzene rings is 2. The van der Waals surface area contributed by atoms with Crippen LogP contribution >= 0.6 is 0 Å². The highest BCUT2D eigenvalue weighted by atomic mass is 19.1. The Hall–Kier alpha value is -2.41. The fraction of sp³-hybridized carbons (Fsp3) is 0. The quantitative estimate of drug-likeness (QED) is 0.818. The Morgan fingerprint density at radius 3 is 2.47 bits per heavy atom. The van der Waals surface area contributed by atoms with Crippen LogP contribution in [0.4, 0.5) is 8.78 Å². The molecule has 0 spiro atoms. The van der Waals surface area contributed by atoms with Gasteiger partial charge in [-0.25, -0.2) is 8.78 Å². The van der Waals surface area contributed by atoms with Crippen molar-refractivity contribution in [2.75, 3.05) is 0 Å². The first-order chi connectivity index (χ1) is 8.11. The highest BCUT2D eigenvalue weighted by molar-refractivity contribution is 5.67.